The number of esters is 1. The Balaban J connectivity index is 2.34. The minimum absolute atomic E-state index is 0.169. The Labute approximate surface area is 132 Å². The van der Waals surface area contributed by atoms with Gasteiger partial charge in [-0.05, 0) is 29.0 Å². The first-order chi connectivity index (χ1) is 9.27. The molecule has 0 radical (unpaired) electrons. The molecule has 2 nitrogen and oxygen atoms in total. The fourth-order valence-electron chi connectivity index (χ4n) is 1.70. The summed E-state index contributed by atoms with van der Waals surface area (Å²) in [5.41, 5.74) is 0.599. The van der Waals surface area contributed by atoms with Crippen LogP contribution in [0, 0.1) is 5.92 Å². The largest absolute Gasteiger partial charge is 0.426 e. The highest BCUT2D eigenvalue weighted by Crippen LogP contribution is 2.39. The van der Waals surface area contributed by atoms with Crippen molar-refractivity contribution in [1.29, 1.82) is 0 Å². The number of rotatable bonds is 2. The van der Waals surface area contributed by atoms with Crippen LogP contribution in [-0.4, -0.2) is 5.97 Å². The molecule has 0 fully saturated rings. The molecular weight excluding hydrogens is 319 g/mol. The first kappa shape index (κ1) is 15.4. The number of hydrogen-bond donors (Lipinski definition) is 0. The molecule has 0 aromatic heterocycles. The Bertz CT molecular complexity index is 645. The summed E-state index contributed by atoms with van der Waals surface area (Å²) in [6.07, 6.45) is 0. The highest BCUT2D eigenvalue weighted by Gasteiger charge is 2.22. The Morgan fingerprint density at radius 1 is 1.05 bits per heavy atom. The quantitative estimate of drug-likeness (QED) is 0.428. The zero-order valence-corrected chi connectivity index (χ0v) is 13.3. The SMILES string of the molecule is CC(C)C(=O)Oc1ccc2cc(C(Cl)(Cl)Cl)ccc2c1. The summed E-state index contributed by atoms with van der Waals surface area (Å²) in [5, 5.41) is 1.83. The van der Waals surface area contributed by atoms with Gasteiger partial charge in [0.25, 0.3) is 0 Å². The maximum absolute atomic E-state index is 11.6. The van der Waals surface area contributed by atoms with Crippen molar-refractivity contribution in [2.24, 2.45) is 5.92 Å². The van der Waals surface area contributed by atoms with Crippen molar-refractivity contribution in [3.63, 3.8) is 0 Å². The summed E-state index contributed by atoms with van der Waals surface area (Å²) in [4.78, 5) is 11.6. The molecule has 0 saturated heterocycles. The van der Waals surface area contributed by atoms with E-state index in [0.29, 0.717) is 11.3 Å². The van der Waals surface area contributed by atoms with Gasteiger partial charge in [-0.15, -0.1) is 0 Å². The number of ether oxygens (including phenoxy) is 1. The van der Waals surface area contributed by atoms with Crippen LogP contribution in [0.3, 0.4) is 0 Å². The molecule has 0 unspecified atom stereocenters. The lowest BCUT2D eigenvalue weighted by molar-refractivity contribution is -0.137. The number of halogens is 3. The summed E-state index contributed by atoms with van der Waals surface area (Å²) >= 11 is 17.6. The Morgan fingerprint density at radius 2 is 1.65 bits per heavy atom. The average molecular weight is 332 g/mol. The van der Waals surface area contributed by atoms with E-state index in [2.05, 4.69) is 0 Å². The third-order valence-electron chi connectivity index (χ3n) is 2.83. The average Bonchev–Trinajstić information content (AvgIpc) is 2.36. The number of carbonyl (C=O) groups excluding carboxylic acids is 1. The van der Waals surface area contributed by atoms with Gasteiger partial charge in [-0.1, -0.05) is 66.8 Å². The Hall–Kier alpha value is -0.960. The first-order valence-corrected chi connectivity index (χ1v) is 7.23. The molecule has 0 aliphatic carbocycles. The third kappa shape index (κ3) is 3.57. The van der Waals surface area contributed by atoms with Crippen molar-refractivity contribution in [2.45, 2.75) is 17.6 Å². The Morgan fingerprint density at radius 3 is 2.25 bits per heavy atom. The van der Waals surface area contributed by atoms with E-state index in [9.17, 15) is 4.79 Å². The van der Waals surface area contributed by atoms with Gasteiger partial charge < -0.3 is 4.74 Å². The second-order valence-electron chi connectivity index (χ2n) is 4.80. The smallest absolute Gasteiger partial charge is 0.313 e. The molecule has 0 aliphatic rings. The number of benzene rings is 2. The zero-order chi connectivity index (χ0) is 14.9. The lowest BCUT2D eigenvalue weighted by Gasteiger charge is -2.12. The van der Waals surface area contributed by atoms with E-state index in [1.54, 1.807) is 38.1 Å². The normalized spacial score (nSPS) is 11.9. The summed E-state index contributed by atoms with van der Waals surface area (Å²) in [6.45, 7) is 3.58. The molecule has 2 rings (SSSR count). The predicted molar refractivity (Wildman–Crippen MR) is 83.7 cm³/mol. The molecular formula is C15H13Cl3O2. The molecule has 0 bridgehead atoms. The maximum atomic E-state index is 11.6. The molecule has 20 heavy (non-hydrogen) atoms. The molecule has 0 atom stereocenters. The van der Waals surface area contributed by atoms with Crippen molar-refractivity contribution in [1.82, 2.24) is 0 Å². The molecule has 2 aromatic rings. The topological polar surface area (TPSA) is 26.3 Å². The molecule has 2 aromatic carbocycles. The predicted octanol–water partition coefficient (Wildman–Crippen LogP) is 5.23. The fraction of sp³-hybridized carbons (Fsp3) is 0.267. The molecule has 5 heteroatoms. The lowest BCUT2D eigenvalue weighted by atomic mass is 10.1. The van der Waals surface area contributed by atoms with Crippen LogP contribution in [0.4, 0.5) is 0 Å². The van der Waals surface area contributed by atoms with Crippen molar-refractivity contribution < 1.29 is 9.53 Å². The fourth-order valence-corrected chi connectivity index (χ4v) is 2.05. The van der Waals surface area contributed by atoms with E-state index >= 15 is 0 Å². The van der Waals surface area contributed by atoms with Gasteiger partial charge >= 0.3 is 5.97 Å². The van der Waals surface area contributed by atoms with E-state index in [1.807, 2.05) is 12.1 Å². The van der Waals surface area contributed by atoms with Gasteiger partial charge in [0.1, 0.15) is 5.75 Å². The number of fused-ring (bicyclic) bond motifs is 1. The monoisotopic (exact) mass is 330 g/mol. The van der Waals surface area contributed by atoms with Gasteiger partial charge in [-0.2, -0.15) is 0 Å². The summed E-state index contributed by atoms with van der Waals surface area (Å²) in [7, 11) is 0. The van der Waals surface area contributed by atoms with Crippen LogP contribution in [0.1, 0.15) is 19.4 Å². The van der Waals surface area contributed by atoms with Gasteiger partial charge in [0, 0.05) is 5.56 Å². The highest BCUT2D eigenvalue weighted by atomic mass is 35.6. The van der Waals surface area contributed by atoms with Crippen molar-refractivity contribution in [3.8, 4) is 5.75 Å². The van der Waals surface area contributed by atoms with Crippen LogP contribution in [0.2, 0.25) is 0 Å². The summed E-state index contributed by atoms with van der Waals surface area (Å²) < 4.78 is 3.82. The summed E-state index contributed by atoms with van der Waals surface area (Å²) in [6, 6.07) is 10.7. The number of carbonyl (C=O) groups is 1. The maximum Gasteiger partial charge on any atom is 0.313 e. The van der Waals surface area contributed by atoms with E-state index in [4.69, 9.17) is 39.5 Å². The molecule has 0 aliphatic heterocycles. The standard InChI is InChI=1S/C15H13Cl3O2/c1-9(2)14(19)20-13-6-4-10-7-12(15(16,17)18)5-3-11(10)8-13/h3-9H,1-2H3. The van der Waals surface area contributed by atoms with Crippen molar-refractivity contribution in [2.75, 3.05) is 0 Å². The first-order valence-electron chi connectivity index (χ1n) is 6.10. The van der Waals surface area contributed by atoms with Gasteiger partial charge in [0.15, 0.2) is 0 Å². The molecule has 0 amide bonds. The Kier molecular flexibility index (Phi) is 4.48. The van der Waals surface area contributed by atoms with Crippen LogP contribution < -0.4 is 4.74 Å². The number of alkyl halides is 3. The minimum atomic E-state index is -1.45. The lowest BCUT2D eigenvalue weighted by Crippen LogP contribution is -2.14. The van der Waals surface area contributed by atoms with Crippen LogP contribution >= 0.6 is 34.8 Å². The van der Waals surface area contributed by atoms with Crippen LogP contribution in [-0.2, 0) is 8.59 Å². The van der Waals surface area contributed by atoms with E-state index < -0.39 is 3.79 Å². The molecule has 0 spiro atoms. The molecule has 0 N–H and O–H groups in total. The van der Waals surface area contributed by atoms with Gasteiger partial charge in [0.2, 0.25) is 3.79 Å². The second-order valence-corrected chi connectivity index (χ2v) is 7.08. The molecule has 0 heterocycles. The van der Waals surface area contributed by atoms with E-state index in [0.717, 1.165) is 10.8 Å². The van der Waals surface area contributed by atoms with Crippen LogP contribution in [0.15, 0.2) is 36.4 Å². The van der Waals surface area contributed by atoms with Crippen LogP contribution in [0.25, 0.3) is 10.8 Å². The van der Waals surface area contributed by atoms with Crippen LogP contribution in [0.5, 0.6) is 5.75 Å². The van der Waals surface area contributed by atoms with Crippen molar-refractivity contribution >= 4 is 51.5 Å². The minimum Gasteiger partial charge on any atom is -0.426 e. The molecule has 0 saturated carbocycles. The highest BCUT2D eigenvalue weighted by molar-refractivity contribution is 6.66. The summed E-state index contributed by atoms with van der Waals surface area (Å²) in [5.74, 6) is 0.0810. The van der Waals surface area contributed by atoms with Gasteiger partial charge in [0.05, 0.1) is 5.92 Å². The van der Waals surface area contributed by atoms with E-state index in [1.165, 1.54) is 0 Å². The van der Waals surface area contributed by atoms with Crippen molar-refractivity contribution in [3.05, 3.63) is 42.0 Å². The van der Waals surface area contributed by atoms with E-state index in [-0.39, 0.29) is 11.9 Å². The molecule has 106 valence electrons. The zero-order valence-electron chi connectivity index (χ0n) is 11.0. The third-order valence-corrected chi connectivity index (χ3v) is 3.48. The second kappa shape index (κ2) is 5.80. The van der Waals surface area contributed by atoms with Gasteiger partial charge in [-0.3, -0.25) is 4.79 Å². The van der Waals surface area contributed by atoms with Gasteiger partial charge in [-0.25, -0.2) is 0 Å². The number of hydrogen-bond acceptors (Lipinski definition) is 2.